The number of guanidine groups is 1. The van der Waals surface area contributed by atoms with Gasteiger partial charge in [0.15, 0.2) is 5.96 Å². The number of nitrogens with zero attached hydrogens (tertiary/aromatic N) is 2. The molecule has 0 radical (unpaired) electrons. The highest BCUT2D eigenvalue weighted by Crippen LogP contribution is 2.16. The van der Waals surface area contributed by atoms with Crippen LogP contribution in [0.4, 0.5) is 13.2 Å². The van der Waals surface area contributed by atoms with Crippen molar-refractivity contribution in [1.29, 1.82) is 0 Å². The Labute approximate surface area is 194 Å². The molecule has 1 fully saturated rings. The van der Waals surface area contributed by atoms with Gasteiger partial charge in [-0.15, -0.1) is 24.0 Å². The van der Waals surface area contributed by atoms with E-state index in [9.17, 15) is 13.2 Å². The maximum Gasteiger partial charge on any atom is 0.411 e. The normalized spacial score (nSPS) is 16.2. The third-order valence-electron chi connectivity index (χ3n) is 4.97. The average molecular weight is 542 g/mol. The van der Waals surface area contributed by atoms with Crippen molar-refractivity contribution in [3.63, 3.8) is 0 Å². The van der Waals surface area contributed by atoms with E-state index in [-0.39, 0.29) is 30.6 Å². The minimum atomic E-state index is -4.30. The summed E-state index contributed by atoms with van der Waals surface area (Å²) in [6, 6.07) is 7.77. The van der Waals surface area contributed by atoms with E-state index in [4.69, 9.17) is 4.74 Å². The second-order valence-electron chi connectivity index (χ2n) is 7.47. The Bertz CT molecular complexity index is 635. The SMILES string of the molecule is CCCCN1CCC(NC(=NC)NCc2cccc(COCC(F)(F)F)c2)CC1.I. The second-order valence-corrected chi connectivity index (χ2v) is 7.47. The molecule has 1 aliphatic rings. The van der Waals surface area contributed by atoms with Crippen LogP contribution in [0, 0.1) is 0 Å². The fourth-order valence-electron chi connectivity index (χ4n) is 3.37. The first-order valence-corrected chi connectivity index (χ1v) is 10.3. The number of ether oxygens (including phenoxy) is 1. The molecule has 172 valence electrons. The summed E-state index contributed by atoms with van der Waals surface area (Å²) in [4.78, 5) is 6.81. The van der Waals surface area contributed by atoms with Gasteiger partial charge in [0.05, 0.1) is 6.61 Å². The van der Waals surface area contributed by atoms with Crippen molar-refractivity contribution in [1.82, 2.24) is 15.5 Å². The number of likely N-dealkylation sites (tertiary alicyclic amines) is 1. The fourth-order valence-corrected chi connectivity index (χ4v) is 3.37. The molecule has 0 bridgehead atoms. The van der Waals surface area contributed by atoms with Crippen LogP contribution >= 0.6 is 24.0 Å². The van der Waals surface area contributed by atoms with Gasteiger partial charge in [-0.1, -0.05) is 37.6 Å². The van der Waals surface area contributed by atoms with Crippen LogP contribution in [0.1, 0.15) is 43.7 Å². The van der Waals surface area contributed by atoms with Crippen LogP contribution < -0.4 is 10.6 Å². The molecule has 9 heteroatoms. The Hall–Kier alpha value is -1.07. The van der Waals surface area contributed by atoms with Crippen LogP contribution in [-0.4, -0.2) is 56.4 Å². The quantitative estimate of drug-likeness (QED) is 0.278. The summed E-state index contributed by atoms with van der Waals surface area (Å²) in [6.07, 6.45) is 0.363. The standard InChI is InChI=1S/C21H33F3N4O.HI/c1-3-4-10-28-11-8-19(9-12-28)27-20(25-2)26-14-17-6-5-7-18(13-17)15-29-16-21(22,23)24;/h5-7,13,19H,3-4,8-12,14-16H2,1-2H3,(H2,25,26,27);1H. The number of hydrogen-bond acceptors (Lipinski definition) is 3. The number of benzene rings is 1. The molecule has 0 unspecified atom stereocenters. The number of hydrogen-bond donors (Lipinski definition) is 2. The molecule has 1 aromatic rings. The Balaban J connectivity index is 0.00000450. The number of unbranched alkanes of at least 4 members (excludes halogenated alkanes) is 1. The lowest BCUT2D eigenvalue weighted by Gasteiger charge is -2.33. The molecule has 2 N–H and O–H groups in total. The summed E-state index contributed by atoms with van der Waals surface area (Å²) in [5, 5.41) is 6.77. The third-order valence-corrected chi connectivity index (χ3v) is 4.97. The number of aliphatic imine (C=N–C) groups is 1. The highest BCUT2D eigenvalue weighted by Gasteiger charge is 2.27. The van der Waals surface area contributed by atoms with E-state index in [0.717, 1.165) is 43.0 Å². The smallest absolute Gasteiger partial charge is 0.367 e. The Kier molecular flexibility index (Phi) is 12.7. The zero-order valence-electron chi connectivity index (χ0n) is 17.8. The summed E-state index contributed by atoms with van der Waals surface area (Å²) < 4.78 is 41.3. The lowest BCUT2D eigenvalue weighted by molar-refractivity contribution is -0.176. The van der Waals surface area contributed by atoms with Crippen LogP contribution in [0.3, 0.4) is 0 Å². The molecular formula is C21H34F3IN4O. The molecule has 1 heterocycles. The Morgan fingerprint density at radius 1 is 1.23 bits per heavy atom. The van der Waals surface area contributed by atoms with Crippen LogP contribution in [0.15, 0.2) is 29.3 Å². The summed E-state index contributed by atoms with van der Waals surface area (Å²) >= 11 is 0. The molecule has 1 aliphatic heterocycles. The van der Waals surface area contributed by atoms with Crippen molar-refractivity contribution >= 4 is 29.9 Å². The van der Waals surface area contributed by atoms with E-state index >= 15 is 0 Å². The topological polar surface area (TPSA) is 48.9 Å². The van der Waals surface area contributed by atoms with Crippen molar-refractivity contribution < 1.29 is 17.9 Å². The first-order chi connectivity index (χ1) is 13.9. The van der Waals surface area contributed by atoms with Crippen molar-refractivity contribution in [2.24, 2.45) is 4.99 Å². The molecule has 2 rings (SSSR count). The zero-order chi connectivity index (χ0) is 21.1. The molecule has 0 saturated carbocycles. The Morgan fingerprint density at radius 2 is 1.93 bits per heavy atom. The Morgan fingerprint density at radius 3 is 2.57 bits per heavy atom. The lowest BCUT2D eigenvalue weighted by Crippen LogP contribution is -2.48. The fraction of sp³-hybridized carbons (Fsp3) is 0.667. The number of nitrogens with one attached hydrogen (secondary N) is 2. The minimum Gasteiger partial charge on any atom is -0.367 e. The summed E-state index contributed by atoms with van der Waals surface area (Å²) in [5.41, 5.74) is 1.69. The number of halogens is 4. The molecule has 0 spiro atoms. The monoisotopic (exact) mass is 542 g/mol. The number of rotatable bonds is 9. The van der Waals surface area contributed by atoms with Gasteiger partial charge in [-0.05, 0) is 36.9 Å². The van der Waals surface area contributed by atoms with E-state index in [1.165, 1.54) is 19.4 Å². The minimum absolute atomic E-state index is 0. The van der Waals surface area contributed by atoms with Crippen molar-refractivity contribution in [3.8, 4) is 0 Å². The molecule has 0 aromatic heterocycles. The molecule has 0 atom stereocenters. The van der Waals surface area contributed by atoms with Gasteiger partial charge in [-0.2, -0.15) is 13.2 Å². The number of alkyl halides is 3. The maximum absolute atomic E-state index is 12.2. The molecule has 0 aliphatic carbocycles. The van der Waals surface area contributed by atoms with E-state index in [0.29, 0.717) is 12.6 Å². The van der Waals surface area contributed by atoms with Gasteiger partial charge in [0.2, 0.25) is 0 Å². The summed E-state index contributed by atoms with van der Waals surface area (Å²) in [7, 11) is 1.74. The lowest BCUT2D eigenvalue weighted by atomic mass is 10.0. The zero-order valence-corrected chi connectivity index (χ0v) is 20.1. The average Bonchev–Trinajstić information content (AvgIpc) is 2.70. The molecule has 5 nitrogen and oxygen atoms in total. The molecule has 1 saturated heterocycles. The first kappa shape index (κ1) is 27.0. The van der Waals surface area contributed by atoms with Gasteiger partial charge in [0, 0.05) is 32.7 Å². The highest BCUT2D eigenvalue weighted by atomic mass is 127. The van der Waals surface area contributed by atoms with Crippen molar-refractivity contribution in [2.45, 2.75) is 58.0 Å². The van der Waals surface area contributed by atoms with Gasteiger partial charge < -0.3 is 20.3 Å². The largest absolute Gasteiger partial charge is 0.411 e. The highest BCUT2D eigenvalue weighted by molar-refractivity contribution is 14.0. The molecule has 0 amide bonds. The van der Waals surface area contributed by atoms with E-state index in [1.54, 1.807) is 13.1 Å². The van der Waals surface area contributed by atoms with E-state index in [1.807, 2.05) is 18.2 Å². The van der Waals surface area contributed by atoms with Gasteiger partial charge in [-0.3, -0.25) is 4.99 Å². The molecule has 30 heavy (non-hydrogen) atoms. The van der Waals surface area contributed by atoms with E-state index in [2.05, 4.69) is 27.4 Å². The van der Waals surface area contributed by atoms with Crippen LogP contribution in [-0.2, 0) is 17.9 Å². The van der Waals surface area contributed by atoms with Gasteiger partial charge >= 0.3 is 6.18 Å². The summed E-state index contributed by atoms with van der Waals surface area (Å²) in [5.74, 6) is 0.746. The van der Waals surface area contributed by atoms with Crippen molar-refractivity contribution in [2.75, 3.05) is 33.3 Å². The van der Waals surface area contributed by atoms with E-state index < -0.39 is 12.8 Å². The second kappa shape index (κ2) is 14.1. The van der Waals surface area contributed by atoms with Gasteiger partial charge in [0.1, 0.15) is 6.61 Å². The molecular weight excluding hydrogens is 508 g/mol. The van der Waals surface area contributed by atoms with Crippen LogP contribution in [0.25, 0.3) is 0 Å². The molecule has 1 aromatic carbocycles. The summed E-state index contributed by atoms with van der Waals surface area (Å²) in [6.45, 7) is 4.86. The van der Waals surface area contributed by atoms with Gasteiger partial charge in [0.25, 0.3) is 0 Å². The van der Waals surface area contributed by atoms with Crippen LogP contribution in [0.5, 0.6) is 0 Å². The third kappa shape index (κ3) is 10.8. The van der Waals surface area contributed by atoms with Crippen molar-refractivity contribution in [3.05, 3.63) is 35.4 Å². The maximum atomic E-state index is 12.2. The first-order valence-electron chi connectivity index (χ1n) is 10.3. The predicted octanol–water partition coefficient (Wildman–Crippen LogP) is 4.31. The van der Waals surface area contributed by atoms with Gasteiger partial charge in [-0.25, -0.2) is 0 Å². The predicted molar refractivity (Wildman–Crippen MR) is 125 cm³/mol. The van der Waals surface area contributed by atoms with Crippen LogP contribution in [0.2, 0.25) is 0 Å². The number of piperidine rings is 1.